The van der Waals surface area contributed by atoms with Crippen molar-refractivity contribution in [3.8, 4) is 0 Å². The molecule has 1 heterocycles. The number of rotatable bonds is 4. The molecular formula is C11H15N3S. The van der Waals surface area contributed by atoms with Gasteiger partial charge in [0.1, 0.15) is 10.8 Å². The maximum atomic E-state index is 5.58. The number of anilines is 1. The fraction of sp³-hybridized carbons (Fsp3) is 0.455. The number of nitrogens with zero attached hydrogens (tertiary/aromatic N) is 2. The summed E-state index contributed by atoms with van der Waals surface area (Å²) in [7, 11) is 2.06. The lowest BCUT2D eigenvalue weighted by Gasteiger charge is -2.18. The standard InChI is InChI=1S/C11H15N3S/c1-14(7-8-2-3-8)10-6-9(11(12)15)4-5-13-10/h4-6,8H,2-3,7H2,1H3,(H2,12,15). The minimum absolute atomic E-state index is 0.429. The molecule has 0 bridgehead atoms. The van der Waals surface area contributed by atoms with E-state index in [1.807, 2.05) is 12.1 Å². The van der Waals surface area contributed by atoms with Gasteiger partial charge in [-0.2, -0.15) is 0 Å². The summed E-state index contributed by atoms with van der Waals surface area (Å²) >= 11 is 4.94. The van der Waals surface area contributed by atoms with Crippen LogP contribution in [0.2, 0.25) is 0 Å². The molecule has 4 heteroatoms. The quantitative estimate of drug-likeness (QED) is 0.784. The first-order valence-electron chi connectivity index (χ1n) is 5.14. The molecule has 1 aliphatic carbocycles. The van der Waals surface area contributed by atoms with E-state index >= 15 is 0 Å². The van der Waals surface area contributed by atoms with Gasteiger partial charge in [0.2, 0.25) is 0 Å². The van der Waals surface area contributed by atoms with E-state index in [9.17, 15) is 0 Å². The molecule has 0 saturated heterocycles. The summed E-state index contributed by atoms with van der Waals surface area (Å²) in [6, 6.07) is 3.79. The van der Waals surface area contributed by atoms with Crippen molar-refractivity contribution in [3.63, 3.8) is 0 Å². The van der Waals surface area contributed by atoms with Gasteiger partial charge < -0.3 is 10.6 Å². The van der Waals surface area contributed by atoms with Crippen LogP contribution in [0.25, 0.3) is 0 Å². The third-order valence-electron chi connectivity index (χ3n) is 2.65. The molecule has 2 rings (SSSR count). The van der Waals surface area contributed by atoms with Gasteiger partial charge in [0.05, 0.1) is 0 Å². The van der Waals surface area contributed by atoms with Gasteiger partial charge in [-0.15, -0.1) is 0 Å². The number of nitrogens with two attached hydrogens (primary N) is 1. The summed E-state index contributed by atoms with van der Waals surface area (Å²) < 4.78 is 0. The minimum Gasteiger partial charge on any atom is -0.389 e. The third kappa shape index (κ3) is 2.65. The number of pyridine rings is 1. The predicted octanol–water partition coefficient (Wildman–Crippen LogP) is 1.56. The highest BCUT2D eigenvalue weighted by atomic mass is 32.1. The molecule has 1 aromatic rings. The van der Waals surface area contributed by atoms with Gasteiger partial charge in [-0.05, 0) is 30.9 Å². The zero-order valence-electron chi connectivity index (χ0n) is 8.81. The van der Waals surface area contributed by atoms with Gasteiger partial charge in [-0.3, -0.25) is 0 Å². The fourth-order valence-electron chi connectivity index (χ4n) is 1.56. The first-order valence-corrected chi connectivity index (χ1v) is 5.54. The maximum Gasteiger partial charge on any atom is 0.128 e. The molecule has 0 amide bonds. The maximum absolute atomic E-state index is 5.58. The Morgan fingerprint density at radius 2 is 2.40 bits per heavy atom. The highest BCUT2D eigenvalue weighted by molar-refractivity contribution is 7.80. The Morgan fingerprint density at radius 1 is 1.67 bits per heavy atom. The SMILES string of the molecule is CN(CC1CC1)c1cc(C(N)=S)ccn1. The number of hydrogen-bond acceptors (Lipinski definition) is 3. The molecule has 1 saturated carbocycles. The molecule has 1 aromatic heterocycles. The minimum atomic E-state index is 0.429. The summed E-state index contributed by atoms with van der Waals surface area (Å²) in [5, 5.41) is 0. The topological polar surface area (TPSA) is 42.1 Å². The fourth-order valence-corrected chi connectivity index (χ4v) is 1.69. The second-order valence-electron chi connectivity index (χ2n) is 4.09. The number of aromatic nitrogens is 1. The highest BCUT2D eigenvalue weighted by Gasteiger charge is 2.23. The van der Waals surface area contributed by atoms with Crippen LogP contribution < -0.4 is 10.6 Å². The van der Waals surface area contributed by atoms with Crippen molar-refractivity contribution < 1.29 is 0 Å². The molecule has 1 aliphatic rings. The van der Waals surface area contributed by atoms with Crippen LogP contribution in [0.1, 0.15) is 18.4 Å². The van der Waals surface area contributed by atoms with Gasteiger partial charge >= 0.3 is 0 Å². The molecule has 0 radical (unpaired) electrons. The van der Waals surface area contributed by atoms with E-state index in [4.69, 9.17) is 18.0 Å². The van der Waals surface area contributed by atoms with Crippen molar-refractivity contribution in [3.05, 3.63) is 23.9 Å². The highest BCUT2D eigenvalue weighted by Crippen LogP contribution is 2.30. The van der Waals surface area contributed by atoms with Crippen LogP contribution in [-0.4, -0.2) is 23.6 Å². The Balaban J connectivity index is 2.11. The molecule has 15 heavy (non-hydrogen) atoms. The molecular weight excluding hydrogens is 206 g/mol. The van der Waals surface area contributed by atoms with E-state index in [2.05, 4.69) is 16.9 Å². The van der Waals surface area contributed by atoms with Crippen molar-refractivity contribution >= 4 is 23.0 Å². The van der Waals surface area contributed by atoms with E-state index in [0.717, 1.165) is 23.8 Å². The van der Waals surface area contributed by atoms with Crippen LogP contribution in [0.5, 0.6) is 0 Å². The Morgan fingerprint density at radius 3 is 3.00 bits per heavy atom. The zero-order chi connectivity index (χ0) is 10.8. The molecule has 1 fully saturated rings. The number of thiocarbonyl (C=S) groups is 1. The van der Waals surface area contributed by atoms with E-state index in [0.29, 0.717) is 4.99 Å². The average Bonchev–Trinajstić information content (AvgIpc) is 3.02. The summed E-state index contributed by atoms with van der Waals surface area (Å²) in [6.07, 6.45) is 4.45. The Labute approximate surface area is 95.3 Å². The lowest BCUT2D eigenvalue weighted by atomic mass is 10.2. The van der Waals surface area contributed by atoms with Gasteiger partial charge in [0, 0.05) is 25.4 Å². The smallest absolute Gasteiger partial charge is 0.128 e. The van der Waals surface area contributed by atoms with E-state index < -0.39 is 0 Å². The van der Waals surface area contributed by atoms with Crippen LogP contribution >= 0.6 is 12.2 Å². The number of hydrogen-bond donors (Lipinski definition) is 1. The van der Waals surface area contributed by atoms with Crippen molar-refractivity contribution in [2.75, 3.05) is 18.5 Å². The first-order chi connectivity index (χ1) is 7.16. The molecule has 2 N–H and O–H groups in total. The summed E-state index contributed by atoms with van der Waals surface area (Å²) in [4.78, 5) is 6.91. The molecule has 80 valence electrons. The molecule has 0 atom stereocenters. The van der Waals surface area contributed by atoms with Gasteiger partial charge in [0.25, 0.3) is 0 Å². The zero-order valence-corrected chi connectivity index (χ0v) is 9.63. The lowest BCUT2D eigenvalue weighted by Crippen LogP contribution is -2.21. The van der Waals surface area contributed by atoms with Gasteiger partial charge in [-0.1, -0.05) is 12.2 Å². The van der Waals surface area contributed by atoms with Crippen LogP contribution in [0.15, 0.2) is 18.3 Å². The van der Waals surface area contributed by atoms with Crippen LogP contribution in [0.4, 0.5) is 5.82 Å². The average molecular weight is 221 g/mol. The third-order valence-corrected chi connectivity index (χ3v) is 2.89. The largest absolute Gasteiger partial charge is 0.389 e. The van der Waals surface area contributed by atoms with Crippen LogP contribution in [0, 0.1) is 5.92 Å². The molecule has 0 spiro atoms. The Kier molecular flexibility index (Phi) is 2.86. The van der Waals surface area contributed by atoms with E-state index in [1.165, 1.54) is 12.8 Å². The van der Waals surface area contributed by atoms with Crippen molar-refractivity contribution in [1.82, 2.24) is 4.98 Å². The predicted molar refractivity (Wildman–Crippen MR) is 66.1 cm³/mol. The normalized spacial score (nSPS) is 15.0. The summed E-state index contributed by atoms with van der Waals surface area (Å²) in [5.74, 6) is 1.80. The van der Waals surface area contributed by atoms with E-state index in [-0.39, 0.29) is 0 Å². The second kappa shape index (κ2) is 4.14. The molecule has 0 aromatic carbocycles. The molecule has 3 nitrogen and oxygen atoms in total. The molecule has 0 unspecified atom stereocenters. The van der Waals surface area contributed by atoms with E-state index in [1.54, 1.807) is 6.20 Å². The summed E-state index contributed by atoms with van der Waals surface area (Å²) in [5.41, 5.74) is 6.47. The van der Waals surface area contributed by atoms with Gasteiger partial charge in [-0.25, -0.2) is 4.98 Å². The molecule has 0 aliphatic heterocycles. The first kappa shape index (κ1) is 10.4. The lowest BCUT2D eigenvalue weighted by molar-refractivity contribution is 0.777. The summed E-state index contributed by atoms with van der Waals surface area (Å²) in [6.45, 7) is 1.08. The van der Waals surface area contributed by atoms with Crippen LogP contribution in [0.3, 0.4) is 0 Å². The monoisotopic (exact) mass is 221 g/mol. The Bertz CT molecular complexity index is 374. The van der Waals surface area contributed by atoms with Crippen molar-refractivity contribution in [1.29, 1.82) is 0 Å². The second-order valence-corrected chi connectivity index (χ2v) is 4.53. The van der Waals surface area contributed by atoms with Gasteiger partial charge in [0.15, 0.2) is 0 Å². The van der Waals surface area contributed by atoms with Crippen LogP contribution in [-0.2, 0) is 0 Å². The van der Waals surface area contributed by atoms with Crippen molar-refractivity contribution in [2.24, 2.45) is 11.7 Å². The Hall–Kier alpha value is -1.16. The van der Waals surface area contributed by atoms with Crippen molar-refractivity contribution in [2.45, 2.75) is 12.8 Å².